The van der Waals surface area contributed by atoms with Crippen LogP contribution in [0.2, 0.25) is 0 Å². The molecule has 2 aliphatic rings. The summed E-state index contributed by atoms with van der Waals surface area (Å²) in [5, 5.41) is 13.2. The molecule has 22 heavy (non-hydrogen) atoms. The quantitative estimate of drug-likeness (QED) is 0.724. The Labute approximate surface area is 132 Å². The Morgan fingerprint density at radius 2 is 2.23 bits per heavy atom. The maximum absolute atomic E-state index is 14.6. The number of carbonyl (C=O) groups excluding carboxylic acids is 1. The standard InChI is InChI=1S/C14H18FN3O3S/c15-13-9(7-16-10-3-5-21-6-4-10)1-2-11(19)14(13)18-8-12(20)17-22-18/h1-2,10,16,19H,3-8H2,(H,17,20). The molecule has 0 saturated carbocycles. The summed E-state index contributed by atoms with van der Waals surface area (Å²) in [5.41, 5.74) is 0.522. The van der Waals surface area contributed by atoms with Gasteiger partial charge >= 0.3 is 0 Å². The molecular formula is C14H18FN3O3S. The van der Waals surface area contributed by atoms with Crippen molar-refractivity contribution in [3.8, 4) is 5.75 Å². The molecule has 0 aliphatic carbocycles. The summed E-state index contributed by atoms with van der Waals surface area (Å²) in [5.74, 6) is -0.880. The summed E-state index contributed by atoms with van der Waals surface area (Å²) in [7, 11) is 0. The molecule has 0 aromatic heterocycles. The first kappa shape index (κ1) is 15.4. The van der Waals surface area contributed by atoms with Gasteiger partial charge < -0.3 is 15.2 Å². The minimum atomic E-state index is -0.497. The Morgan fingerprint density at radius 3 is 2.91 bits per heavy atom. The van der Waals surface area contributed by atoms with E-state index in [4.69, 9.17) is 4.74 Å². The molecule has 0 spiro atoms. The summed E-state index contributed by atoms with van der Waals surface area (Å²) >= 11 is 0.984. The number of ether oxygens (including phenoxy) is 1. The van der Waals surface area contributed by atoms with E-state index in [1.165, 1.54) is 10.4 Å². The van der Waals surface area contributed by atoms with Crippen molar-refractivity contribution in [2.75, 3.05) is 24.1 Å². The van der Waals surface area contributed by atoms with E-state index in [9.17, 15) is 14.3 Å². The second-order valence-corrected chi connectivity index (χ2v) is 6.15. The van der Waals surface area contributed by atoms with Gasteiger partial charge in [-0.1, -0.05) is 6.07 Å². The molecular weight excluding hydrogens is 309 g/mol. The largest absolute Gasteiger partial charge is 0.506 e. The van der Waals surface area contributed by atoms with Crippen molar-refractivity contribution in [1.82, 2.24) is 10.0 Å². The Kier molecular flexibility index (Phi) is 4.70. The summed E-state index contributed by atoms with van der Waals surface area (Å²) in [6, 6.07) is 3.34. The minimum absolute atomic E-state index is 0.0198. The van der Waals surface area contributed by atoms with Crippen LogP contribution in [-0.4, -0.2) is 36.8 Å². The van der Waals surface area contributed by atoms with E-state index >= 15 is 0 Å². The molecule has 8 heteroatoms. The zero-order chi connectivity index (χ0) is 15.5. The molecule has 3 N–H and O–H groups in total. The topological polar surface area (TPSA) is 73.8 Å². The van der Waals surface area contributed by atoms with Crippen LogP contribution in [0.25, 0.3) is 0 Å². The van der Waals surface area contributed by atoms with Crippen LogP contribution in [-0.2, 0) is 16.1 Å². The number of rotatable bonds is 4. The monoisotopic (exact) mass is 327 g/mol. The molecule has 1 aromatic carbocycles. The highest BCUT2D eigenvalue weighted by Crippen LogP contribution is 2.36. The lowest BCUT2D eigenvalue weighted by atomic mass is 10.1. The molecule has 3 rings (SSSR count). The second-order valence-electron chi connectivity index (χ2n) is 5.33. The van der Waals surface area contributed by atoms with E-state index in [1.54, 1.807) is 6.07 Å². The molecule has 0 atom stereocenters. The fraction of sp³-hybridized carbons (Fsp3) is 0.500. The highest BCUT2D eigenvalue weighted by molar-refractivity contribution is 7.99. The van der Waals surface area contributed by atoms with Crippen molar-refractivity contribution < 1.29 is 19.0 Å². The van der Waals surface area contributed by atoms with Crippen molar-refractivity contribution in [1.29, 1.82) is 0 Å². The van der Waals surface area contributed by atoms with Crippen LogP contribution in [0.3, 0.4) is 0 Å². The normalized spacial score (nSPS) is 19.5. The first-order valence-electron chi connectivity index (χ1n) is 7.20. The van der Waals surface area contributed by atoms with Crippen LogP contribution >= 0.6 is 12.1 Å². The average molecular weight is 327 g/mol. The molecule has 1 aromatic rings. The third kappa shape index (κ3) is 3.29. The first-order valence-corrected chi connectivity index (χ1v) is 7.97. The maximum atomic E-state index is 14.6. The molecule has 0 unspecified atom stereocenters. The van der Waals surface area contributed by atoms with E-state index in [-0.39, 0.29) is 23.9 Å². The zero-order valence-corrected chi connectivity index (χ0v) is 12.8. The molecule has 0 bridgehead atoms. The smallest absolute Gasteiger partial charge is 0.251 e. The van der Waals surface area contributed by atoms with Gasteiger partial charge in [0.05, 0.1) is 12.1 Å². The van der Waals surface area contributed by atoms with Gasteiger partial charge in [-0.3, -0.25) is 13.8 Å². The van der Waals surface area contributed by atoms with Crippen LogP contribution in [0, 0.1) is 5.82 Å². The molecule has 1 amide bonds. The van der Waals surface area contributed by atoms with E-state index in [0.717, 1.165) is 38.2 Å². The summed E-state index contributed by atoms with van der Waals surface area (Å²) in [4.78, 5) is 11.3. The number of anilines is 1. The summed E-state index contributed by atoms with van der Waals surface area (Å²) < 4.78 is 23.9. The van der Waals surface area contributed by atoms with Gasteiger partial charge in [0.25, 0.3) is 5.91 Å². The van der Waals surface area contributed by atoms with Gasteiger partial charge in [0, 0.05) is 31.4 Å². The fourth-order valence-electron chi connectivity index (χ4n) is 2.55. The fourth-order valence-corrected chi connectivity index (χ4v) is 3.27. The molecule has 120 valence electrons. The van der Waals surface area contributed by atoms with Crippen LogP contribution in [0.5, 0.6) is 5.75 Å². The highest BCUT2D eigenvalue weighted by atomic mass is 32.2. The van der Waals surface area contributed by atoms with Gasteiger partial charge in [-0.2, -0.15) is 0 Å². The number of nitrogens with one attached hydrogen (secondary N) is 2. The predicted octanol–water partition coefficient (Wildman–Crippen LogP) is 1.30. The third-order valence-corrected chi connectivity index (χ3v) is 4.63. The lowest BCUT2D eigenvalue weighted by Crippen LogP contribution is -2.34. The maximum Gasteiger partial charge on any atom is 0.251 e. The van der Waals surface area contributed by atoms with Crippen molar-refractivity contribution in [3.05, 3.63) is 23.5 Å². The van der Waals surface area contributed by atoms with Crippen LogP contribution in [0.4, 0.5) is 10.1 Å². The Morgan fingerprint density at radius 1 is 1.45 bits per heavy atom. The number of benzene rings is 1. The SMILES string of the molecule is O=C1CN(c2c(O)ccc(CNC3CCOCC3)c2F)SN1. The Balaban J connectivity index is 1.73. The van der Waals surface area contributed by atoms with Gasteiger partial charge in [-0.05, 0) is 18.9 Å². The average Bonchev–Trinajstić information content (AvgIpc) is 2.94. The summed E-state index contributed by atoms with van der Waals surface area (Å²) in [6.07, 6.45) is 1.82. The number of phenolic OH excluding ortho intramolecular Hbond substituents is 1. The number of nitrogens with zero attached hydrogens (tertiary/aromatic N) is 1. The number of hydrogen-bond donors (Lipinski definition) is 3. The highest BCUT2D eigenvalue weighted by Gasteiger charge is 2.27. The van der Waals surface area contributed by atoms with E-state index < -0.39 is 5.82 Å². The lowest BCUT2D eigenvalue weighted by Gasteiger charge is -2.24. The van der Waals surface area contributed by atoms with Crippen LogP contribution in [0.15, 0.2) is 12.1 Å². The minimum Gasteiger partial charge on any atom is -0.506 e. The van der Waals surface area contributed by atoms with Crippen molar-refractivity contribution in [2.24, 2.45) is 0 Å². The Hall–Kier alpha value is -1.51. The van der Waals surface area contributed by atoms with Gasteiger partial charge in [-0.15, -0.1) is 0 Å². The molecule has 2 aliphatic heterocycles. The molecule has 2 heterocycles. The number of carbonyl (C=O) groups is 1. The number of amides is 1. The second kappa shape index (κ2) is 6.72. The van der Waals surface area contributed by atoms with Gasteiger partial charge in [0.15, 0.2) is 5.82 Å². The zero-order valence-electron chi connectivity index (χ0n) is 12.0. The van der Waals surface area contributed by atoms with E-state index in [2.05, 4.69) is 10.0 Å². The van der Waals surface area contributed by atoms with Crippen molar-refractivity contribution >= 4 is 23.7 Å². The van der Waals surface area contributed by atoms with Gasteiger partial charge in [0.2, 0.25) is 0 Å². The number of halogens is 1. The molecule has 6 nitrogen and oxygen atoms in total. The number of aromatic hydroxyl groups is 1. The van der Waals surface area contributed by atoms with Gasteiger partial charge in [0.1, 0.15) is 18.0 Å². The van der Waals surface area contributed by atoms with E-state index in [0.29, 0.717) is 18.2 Å². The first-order chi connectivity index (χ1) is 10.6. The van der Waals surface area contributed by atoms with Gasteiger partial charge in [-0.25, -0.2) is 4.39 Å². The molecule has 0 radical (unpaired) electrons. The van der Waals surface area contributed by atoms with Crippen LogP contribution < -0.4 is 14.3 Å². The van der Waals surface area contributed by atoms with Crippen molar-refractivity contribution in [3.63, 3.8) is 0 Å². The van der Waals surface area contributed by atoms with Crippen molar-refractivity contribution in [2.45, 2.75) is 25.4 Å². The predicted molar refractivity (Wildman–Crippen MR) is 81.8 cm³/mol. The molecule has 2 saturated heterocycles. The molecule has 2 fully saturated rings. The van der Waals surface area contributed by atoms with E-state index in [1.807, 2.05) is 0 Å². The number of phenols is 1. The van der Waals surface area contributed by atoms with Crippen LogP contribution in [0.1, 0.15) is 18.4 Å². The Bertz CT molecular complexity index is 567. The number of hydrogen-bond acceptors (Lipinski definition) is 6. The summed E-state index contributed by atoms with van der Waals surface area (Å²) in [6.45, 7) is 1.84. The third-order valence-electron chi connectivity index (χ3n) is 3.78. The lowest BCUT2D eigenvalue weighted by molar-refractivity contribution is -0.117.